The molecule has 1 unspecified atom stereocenters. The summed E-state index contributed by atoms with van der Waals surface area (Å²) in [5.74, 6) is -1.69. The van der Waals surface area contributed by atoms with Gasteiger partial charge in [0.15, 0.2) is 0 Å². The number of nitrogens with one attached hydrogen (secondary N) is 1. The topological polar surface area (TPSA) is 58.5 Å². The molecule has 0 saturated carbocycles. The minimum atomic E-state index is -5.07. The Kier molecular flexibility index (Phi) is 4.90. The number of carbonyl (C=O) groups is 2. The van der Waals surface area contributed by atoms with Crippen LogP contribution in [0.4, 0.5) is 26.3 Å². The summed E-state index contributed by atoms with van der Waals surface area (Å²) in [5, 5.41) is 2.71. The lowest BCUT2D eigenvalue weighted by Gasteiger charge is -2.28. The van der Waals surface area contributed by atoms with Gasteiger partial charge in [0.2, 0.25) is 0 Å². The van der Waals surface area contributed by atoms with Crippen LogP contribution in [0, 0.1) is 5.92 Å². The van der Waals surface area contributed by atoms with Crippen molar-refractivity contribution in [2.24, 2.45) is 10.9 Å². The van der Waals surface area contributed by atoms with Crippen LogP contribution in [-0.4, -0.2) is 17.5 Å². The van der Waals surface area contributed by atoms with E-state index < -0.39 is 35.0 Å². The number of alkyl halides is 6. The fourth-order valence-electron chi connectivity index (χ4n) is 3.92. The molecule has 0 bridgehead atoms. The van der Waals surface area contributed by atoms with Gasteiger partial charge in [0.05, 0.1) is 16.8 Å². The third-order valence-corrected chi connectivity index (χ3v) is 5.33. The van der Waals surface area contributed by atoms with Gasteiger partial charge < -0.3 is 5.32 Å². The highest BCUT2D eigenvalue weighted by molar-refractivity contribution is 6.14. The highest BCUT2D eigenvalue weighted by atomic mass is 19.4. The van der Waals surface area contributed by atoms with Crippen molar-refractivity contribution in [1.29, 1.82) is 0 Å². The zero-order chi connectivity index (χ0) is 22.6. The fourth-order valence-corrected chi connectivity index (χ4v) is 3.92. The van der Waals surface area contributed by atoms with Crippen molar-refractivity contribution in [1.82, 2.24) is 5.32 Å². The Morgan fingerprint density at radius 3 is 2.26 bits per heavy atom. The molecule has 10 heteroatoms. The average Bonchev–Trinajstić information content (AvgIpc) is 3.17. The predicted octanol–water partition coefficient (Wildman–Crippen LogP) is 4.99. The van der Waals surface area contributed by atoms with Crippen molar-refractivity contribution >= 4 is 17.5 Å². The van der Waals surface area contributed by atoms with E-state index in [0.29, 0.717) is 24.3 Å². The molecule has 0 fully saturated rings. The lowest BCUT2D eigenvalue weighted by atomic mass is 9.85. The molecule has 1 aliphatic heterocycles. The van der Waals surface area contributed by atoms with Crippen LogP contribution in [0.3, 0.4) is 0 Å². The number of halogens is 6. The number of hydrogen-bond donors (Lipinski definition) is 1. The van der Waals surface area contributed by atoms with Crippen molar-refractivity contribution in [2.45, 2.75) is 31.6 Å². The lowest BCUT2D eigenvalue weighted by Crippen LogP contribution is -2.35. The second-order valence-electron chi connectivity index (χ2n) is 7.38. The number of nitrogens with zero attached hydrogens (tertiary/aromatic N) is 1. The number of rotatable bonds is 1. The molecular weight excluding hydrogens is 426 g/mol. The standard InChI is InChI=1S/C21H14F6N2O2/c22-20(23,24)11-6-10(7-12(8-11)21(25,26)27)18(30)28-13-4-5-15-14-2-1-3-16(14)19(31)29-17(15)9-13/h4-9,15H,1-3H2,(H,29,31). The van der Waals surface area contributed by atoms with Crippen LogP contribution in [-0.2, 0) is 17.1 Å². The first-order valence-electron chi connectivity index (χ1n) is 9.29. The molecule has 1 atom stereocenters. The smallest absolute Gasteiger partial charge is 0.325 e. The number of amides is 2. The maximum absolute atomic E-state index is 13.0. The van der Waals surface area contributed by atoms with E-state index in [4.69, 9.17) is 0 Å². The van der Waals surface area contributed by atoms with Crippen molar-refractivity contribution in [3.63, 3.8) is 0 Å². The van der Waals surface area contributed by atoms with E-state index in [0.717, 1.165) is 24.0 Å². The second kappa shape index (κ2) is 7.21. The SMILES string of the molecule is O=C1NC2=CC(=NC(=O)c3cc(C(F)(F)F)cc(C(F)(F)F)c3)C=CC2C2=C1CCC2. The summed E-state index contributed by atoms with van der Waals surface area (Å²) in [6.07, 6.45) is -3.28. The van der Waals surface area contributed by atoms with Crippen LogP contribution < -0.4 is 5.32 Å². The molecule has 4 nitrogen and oxygen atoms in total. The molecule has 162 valence electrons. The summed E-state index contributed by atoms with van der Waals surface area (Å²) in [6.45, 7) is 0. The van der Waals surface area contributed by atoms with Gasteiger partial charge in [-0.25, -0.2) is 4.99 Å². The van der Waals surface area contributed by atoms with Crippen LogP contribution in [0.2, 0.25) is 0 Å². The van der Waals surface area contributed by atoms with E-state index in [1.54, 1.807) is 6.08 Å². The van der Waals surface area contributed by atoms with Gasteiger partial charge in [-0.05, 0) is 55.2 Å². The fraction of sp³-hybridized carbons (Fsp3) is 0.286. The first-order chi connectivity index (χ1) is 14.4. The molecule has 0 radical (unpaired) electrons. The van der Waals surface area contributed by atoms with Gasteiger partial charge in [0.25, 0.3) is 11.8 Å². The zero-order valence-electron chi connectivity index (χ0n) is 15.7. The van der Waals surface area contributed by atoms with Crippen LogP contribution in [0.25, 0.3) is 0 Å². The maximum Gasteiger partial charge on any atom is 0.416 e. The Hall–Kier alpha value is -3.17. The van der Waals surface area contributed by atoms with Crippen molar-refractivity contribution in [3.05, 3.63) is 70.0 Å². The number of hydrogen-bond acceptors (Lipinski definition) is 2. The second-order valence-corrected chi connectivity index (χ2v) is 7.38. The maximum atomic E-state index is 13.0. The van der Waals surface area contributed by atoms with E-state index in [1.165, 1.54) is 12.2 Å². The van der Waals surface area contributed by atoms with Crippen molar-refractivity contribution in [3.8, 4) is 0 Å². The van der Waals surface area contributed by atoms with Crippen LogP contribution >= 0.6 is 0 Å². The van der Waals surface area contributed by atoms with Gasteiger partial charge in [-0.15, -0.1) is 0 Å². The molecule has 2 amide bonds. The Labute approximate surface area is 172 Å². The molecule has 3 aliphatic rings. The van der Waals surface area contributed by atoms with E-state index in [1.807, 2.05) is 0 Å². The van der Waals surface area contributed by atoms with Crippen LogP contribution in [0.5, 0.6) is 0 Å². The van der Waals surface area contributed by atoms with Gasteiger partial charge in [-0.2, -0.15) is 26.3 Å². The summed E-state index contributed by atoms with van der Waals surface area (Å²) >= 11 is 0. The molecular formula is C21H14F6N2O2. The number of aliphatic imine (C=N–C) groups is 1. The minimum absolute atomic E-state index is 0.0181. The first-order valence-corrected chi connectivity index (χ1v) is 9.29. The monoisotopic (exact) mass is 440 g/mol. The van der Waals surface area contributed by atoms with Gasteiger partial charge >= 0.3 is 12.4 Å². The molecule has 1 N–H and O–H groups in total. The first kappa shape index (κ1) is 21.1. The van der Waals surface area contributed by atoms with Gasteiger partial charge in [-0.1, -0.05) is 6.08 Å². The van der Waals surface area contributed by atoms with Crippen molar-refractivity contribution in [2.75, 3.05) is 0 Å². The molecule has 0 saturated heterocycles. The predicted molar refractivity (Wildman–Crippen MR) is 97.9 cm³/mol. The molecule has 2 aliphatic carbocycles. The summed E-state index contributed by atoms with van der Waals surface area (Å²) in [5.41, 5.74) is -1.83. The average molecular weight is 440 g/mol. The summed E-state index contributed by atoms with van der Waals surface area (Å²) in [7, 11) is 0. The minimum Gasteiger partial charge on any atom is -0.325 e. The molecule has 1 aromatic rings. The Balaban J connectivity index is 1.67. The summed E-state index contributed by atoms with van der Waals surface area (Å²) in [4.78, 5) is 28.3. The normalized spacial score (nSPS) is 22.3. The number of carbonyl (C=O) groups excluding carboxylic acids is 2. The Bertz CT molecular complexity index is 1070. The summed E-state index contributed by atoms with van der Waals surface area (Å²) < 4.78 is 78.0. The van der Waals surface area contributed by atoms with Crippen LogP contribution in [0.15, 0.2) is 58.3 Å². The largest absolute Gasteiger partial charge is 0.416 e. The highest BCUT2D eigenvalue weighted by Gasteiger charge is 2.38. The number of benzene rings is 1. The van der Waals surface area contributed by atoms with Crippen LogP contribution in [0.1, 0.15) is 40.7 Å². The van der Waals surface area contributed by atoms with Gasteiger partial charge in [0, 0.05) is 22.8 Å². The molecule has 4 rings (SSSR count). The van der Waals surface area contributed by atoms with Crippen molar-refractivity contribution < 1.29 is 35.9 Å². The molecule has 31 heavy (non-hydrogen) atoms. The third-order valence-electron chi connectivity index (χ3n) is 5.33. The van der Waals surface area contributed by atoms with E-state index in [9.17, 15) is 35.9 Å². The highest BCUT2D eigenvalue weighted by Crippen LogP contribution is 2.40. The molecule has 1 aromatic carbocycles. The van der Waals surface area contributed by atoms with Gasteiger partial charge in [0.1, 0.15) is 0 Å². The number of fused-ring (bicyclic) bond motifs is 2. The van der Waals surface area contributed by atoms with E-state index >= 15 is 0 Å². The number of allylic oxidation sites excluding steroid dienone is 3. The Morgan fingerprint density at radius 2 is 1.65 bits per heavy atom. The Morgan fingerprint density at radius 1 is 1.00 bits per heavy atom. The lowest BCUT2D eigenvalue weighted by molar-refractivity contribution is -0.143. The molecule has 0 aromatic heterocycles. The van der Waals surface area contributed by atoms with E-state index in [2.05, 4.69) is 10.3 Å². The molecule has 1 heterocycles. The zero-order valence-corrected chi connectivity index (χ0v) is 15.7. The summed E-state index contributed by atoms with van der Waals surface area (Å²) in [6, 6.07) is 0.617. The third kappa shape index (κ3) is 4.06. The quantitative estimate of drug-likeness (QED) is 0.626. The molecule has 0 spiro atoms. The van der Waals surface area contributed by atoms with E-state index in [-0.39, 0.29) is 23.6 Å². The van der Waals surface area contributed by atoms with Gasteiger partial charge in [-0.3, -0.25) is 9.59 Å².